The van der Waals surface area contributed by atoms with Crippen molar-refractivity contribution in [1.82, 2.24) is 14.5 Å². The maximum atomic E-state index is 6.29. The van der Waals surface area contributed by atoms with Gasteiger partial charge < -0.3 is 4.57 Å². The van der Waals surface area contributed by atoms with Gasteiger partial charge in [0.25, 0.3) is 0 Å². The molecule has 0 aliphatic rings. The number of fused-ring (bicyclic) bond motifs is 1. The molecule has 0 bridgehead atoms. The van der Waals surface area contributed by atoms with Gasteiger partial charge in [-0.3, -0.25) is 0 Å². The van der Waals surface area contributed by atoms with E-state index in [1.165, 1.54) is 4.88 Å². The number of halogens is 2. The van der Waals surface area contributed by atoms with Crippen LogP contribution in [0.3, 0.4) is 0 Å². The summed E-state index contributed by atoms with van der Waals surface area (Å²) in [6.07, 6.45) is 1.82. The number of aryl methyl sites for hydroxylation is 1. The summed E-state index contributed by atoms with van der Waals surface area (Å²) in [4.78, 5) is 10.4. The zero-order valence-corrected chi connectivity index (χ0v) is 14.3. The molecule has 3 aromatic rings. The molecule has 1 unspecified atom stereocenters. The van der Waals surface area contributed by atoms with E-state index in [4.69, 9.17) is 11.6 Å². The highest BCUT2D eigenvalue weighted by Crippen LogP contribution is 2.28. The largest absolute Gasteiger partial charge is 0.306 e. The number of nitrogens with zero attached hydrogens (tertiary/aromatic N) is 3. The molecule has 3 rings (SSSR count). The van der Waals surface area contributed by atoms with Crippen molar-refractivity contribution in [3.63, 3.8) is 0 Å². The molecule has 0 spiro atoms. The molecule has 6 heteroatoms. The van der Waals surface area contributed by atoms with Gasteiger partial charge in [0.05, 0.1) is 15.7 Å². The third-order valence-corrected chi connectivity index (χ3v) is 4.97. The van der Waals surface area contributed by atoms with E-state index in [-0.39, 0.29) is 5.38 Å². The second-order valence-corrected chi connectivity index (χ2v) is 7.88. The smallest absolute Gasteiger partial charge is 0.160 e. The standard InChI is InChI=1S/C14H13BrClN3S/c1-8-5-6-17-14-12(8)18-13(9(2)16)19(14)7-10-3-4-11(15)20-10/h3-6,9H,7H2,1-2H3. The second kappa shape index (κ2) is 5.47. The van der Waals surface area contributed by atoms with Crippen LogP contribution in [0.15, 0.2) is 28.2 Å². The van der Waals surface area contributed by atoms with Crippen molar-refractivity contribution in [2.75, 3.05) is 0 Å². The van der Waals surface area contributed by atoms with Crippen LogP contribution in [0.4, 0.5) is 0 Å². The molecule has 0 aliphatic heterocycles. The quantitative estimate of drug-likeness (QED) is 0.613. The fourth-order valence-corrected chi connectivity index (χ4v) is 3.85. The van der Waals surface area contributed by atoms with Gasteiger partial charge in [0.15, 0.2) is 5.65 Å². The Morgan fingerprint density at radius 2 is 2.20 bits per heavy atom. The zero-order valence-electron chi connectivity index (χ0n) is 11.1. The summed E-state index contributed by atoms with van der Waals surface area (Å²) >= 11 is 11.5. The van der Waals surface area contributed by atoms with Gasteiger partial charge in [-0.2, -0.15) is 0 Å². The minimum absolute atomic E-state index is 0.146. The molecule has 0 aromatic carbocycles. The topological polar surface area (TPSA) is 30.7 Å². The maximum Gasteiger partial charge on any atom is 0.160 e. The van der Waals surface area contributed by atoms with E-state index in [0.29, 0.717) is 0 Å². The summed E-state index contributed by atoms with van der Waals surface area (Å²) in [5.74, 6) is 0.869. The van der Waals surface area contributed by atoms with E-state index in [0.717, 1.165) is 32.9 Å². The van der Waals surface area contributed by atoms with E-state index in [9.17, 15) is 0 Å². The highest BCUT2D eigenvalue weighted by molar-refractivity contribution is 9.11. The van der Waals surface area contributed by atoms with Gasteiger partial charge in [-0.15, -0.1) is 22.9 Å². The highest BCUT2D eigenvalue weighted by Gasteiger charge is 2.17. The molecule has 0 saturated carbocycles. The van der Waals surface area contributed by atoms with Crippen molar-refractivity contribution in [3.8, 4) is 0 Å². The summed E-state index contributed by atoms with van der Waals surface area (Å²) in [6, 6.07) is 6.14. The van der Waals surface area contributed by atoms with Gasteiger partial charge in [-0.1, -0.05) is 0 Å². The molecule has 0 radical (unpaired) electrons. The fourth-order valence-electron chi connectivity index (χ4n) is 2.21. The van der Waals surface area contributed by atoms with E-state index in [1.807, 2.05) is 26.1 Å². The number of aromatic nitrogens is 3. The molecule has 0 amide bonds. The summed E-state index contributed by atoms with van der Waals surface area (Å²) < 4.78 is 3.24. The Hall–Kier alpha value is -0.910. The molecule has 20 heavy (non-hydrogen) atoms. The molecule has 0 aliphatic carbocycles. The number of pyridine rings is 1. The normalized spacial score (nSPS) is 13.0. The summed E-state index contributed by atoms with van der Waals surface area (Å²) in [5.41, 5.74) is 2.96. The van der Waals surface area contributed by atoms with Crippen LogP contribution in [-0.4, -0.2) is 14.5 Å². The Bertz CT molecular complexity index is 763. The lowest BCUT2D eigenvalue weighted by Gasteiger charge is -2.08. The van der Waals surface area contributed by atoms with Gasteiger partial charge in [-0.05, 0) is 53.5 Å². The molecule has 3 aromatic heterocycles. The van der Waals surface area contributed by atoms with Crippen molar-refractivity contribution in [2.45, 2.75) is 25.8 Å². The minimum atomic E-state index is -0.146. The fraction of sp³-hybridized carbons (Fsp3) is 0.286. The Kier molecular flexibility index (Phi) is 3.84. The Balaban J connectivity index is 2.16. The first-order valence-electron chi connectivity index (χ1n) is 6.26. The van der Waals surface area contributed by atoms with Gasteiger partial charge in [-0.25, -0.2) is 9.97 Å². The van der Waals surface area contributed by atoms with Crippen molar-refractivity contribution >= 4 is 50.0 Å². The van der Waals surface area contributed by atoms with Crippen LogP contribution in [0.1, 0.15) is 28.6 Å². The van der Waals surface area contributed by atoms with Crippen molar-refractivity contribution in [2.24, 2.45) is 0 Å². The first-order valence-corrected chi connectivity index (χ1v) is 8.31. The van der Waals surface area contributed by atoms with Crippen molar-refractivity contribution < 1.29 is 0 Å². The number of thiophene rings is 1. The number of rotatable bonds is 3. The van der Waals surface area contributed by atoms with Crippen LogP contribution in [0.5, 0.6) is 0 Å². The van der Waals surface area contributed by atoms with E-state index in [2.05, 4.69) is 42.6 Å². The lowest BCUT2D eigenvalue weighted by Crippen LogP contribution is -2.05. The van der Waals surface area contributed by atoms with Crippen LogP contribution >= 0.6 is 38.9 Å². The van der Waals surface area contributed by atoms with Crippen LogP contribution in [0, 0.1) is 6.92 Å². The van der Waals surface area contributed by atoms with Gasteiger partial charge in [0.2, 0.25) is 0 Å². The van der Waals surface area contributed by atoms with Crippen LogP contribution in [-0.2, 0) is 6.54 Å². The molecule has 3 nitrogen and oxygen atoms in total. The molecule has 0 fully saturated rings. The molecule has 104 valence electrons. The van der Waals surface area contributed by atoms with E-state index < -0.39 is 0 Å². The number of imidazole rings is 1. The molecule has 3 heterocycles. The summed E-state index contributed by atoms with van der Waals surface area (Å²) in [7, 11) is 0. The van der Waals surface area contributed by atoms with Crippen molar-refractivity contribution in [1.29, 1.82) is 0 Å². The van der Waals surface area contributed by atoms with Gasteiger partial charge in [0.1, 0.15) is 11.3 Å². The molecule has 0 N–H and O–H groups in total. The first-order chi connectivity index (χ1) is 9.56. The molecule has 0 saturated heterocycles. The van der Waals surface area contributed by atoms with Crippen LogP contribution in [0.2, 0.25) is 0 Å². The first kappa shape index (κ1) is 14.0. The lowest BCUT2D eigenvalue weighted by molar-refractivity contribution is 0.744. The van der Waals surface area contributed by atoms with Crippen LogP contribution < -0.4 is 0 Å². The Labute approximate surface area is 134 Å². The minimum Gasteiger partial charge on any atom is -0.306 e. The van der Waals surface area contributed by atoms with Crippen LogP contribution in [0.25, 0.3) is 11.2 Å². The second-order valence-electron chi connectivity index (χ2n) is 4.68. The maximum absolute atomic E-state index is 6.29. The number of hydrogen-bond acceptors (Lipinski definition) is 3. The van der Waals surface area contributed by atoms with Gasteiger partial charge >= 0.3 is 0 Å². The summed E-state index contributed by atoms with van der Waals surface area (Å²) in [5, 5.41) is -0.146. The zero-order chi connectivity index (χ0) is 14.3. The average molecular weight is 371 g/mol. The predicted octanol–water partition coefficient (Wildman–Crippen LogP) is 4.91. The Morgan fingerprint density at radius 3 is 2.85 bits per heavy atom. The van der Waals surface area contributed by atoms with E-state index >= 15 is 0 Å². The lowest BCUT2D eigenvalue weighted by atomic mass is 10.3. The highest BCUT2D eigenvalue weighted by atomic mass is 79.9. The number of hydrogen-bond donors (Lipinski definition) is 0. The molecular formula is C14H13BrClN3S. The molecular weight excluding hydrogens is 358 g/mol. The SMILES string of the molecule is Cc1ccnc2c1nc(C(C)Cl)n2Cc1ccc(Br)s1. The Morgan fingerprint density at radius 1 is 1.40 bits per heavy atom. The molecule has 1 atom stereocenters. The average Bonchev–Trinajstić information content (AvgIpc) is 2.96. The third-order valence-electron chi connectivity index (χ3n) is 3.16. The van der Waals surface area contributed by atoms with E-state index in [1.54, 1.807) is 11.3 Å². The third kappa shape index (κ3) is 2.50. The summed E-state index contributed by atoms with van der Waals surface area (Å²) in [6.45, 7) is 4.74. The predicted molar refractivity (Wildman–Crippen MR) is 87.7 cm³/mol. The van der Waals surface area contributed by atoms with Crippen molar-refractivity contribution in [3.05, 3.63) is 44.4 Å². The van der Waals surface area contributed by atoms with Gasteiger partial charge in [0, 0.05) is 11.1 Å². The monoisotopic (exact) mass is 369 g/mol. The number of alkyl halides is 1.